The second kappa shape index (κ2) is 3.65. The Hall–Kier alpha value is -0.970. The molecule has 1 aromatic carbocycles. The molecule has 0 heterocycles. The molecule has 2 N–H and O–H groups in total. The first kappa shape index (κ1) is 11.1. The lowest BCUT2D eigenvalue weighted by molar-refractivity contribution is -0.139. The lowest BCUT2D eigenvalue weighted by Crippen LogP contribution is -2.11. The fourth-order valence-corrected chi connectivity index (χ4v) is 1.20. The third-order valence-corrected chi connectivity index (χ3v) is 2.01. The zero-order valence-corrected chi connectivity index (χ0v) is 7.58. The predicted octanol–water partition coefficient (Wildman–Crippen LogP) is 3.17. The van der Waals surface area contributed by atoms with Crippen LogP contribution in [0.4, 0.5) is 23.2 Å². The Kier molecular flexibility index (Phi) is 2.89. The van der Waals surface area contributed by atoms with E-state index in [2.05, 4.69) is 0 Å². The molecule has 0 radical (unpaired) electrons. The number of hydrogen-bond acceptors (Lipinski definition) is 1. The van der Waals surface area contributed by atoms with E-state index in [-0.39, 0.29) is 11.4 Å². The van der Waals surface area contributed by atoms with Gasteiger partial charge in [0.25, 0.3) is 0 Å². The van der Waals surface area contributed by atoms with Crippen molar-refractivity contribution in [2.75, 3.05) is 5.73 Å². The molecular formula is C8H6ClF4N. The van der Waals surface area contributed by atoms with E-state index >= 15 is 0 Å². The molecule has 0 unspecified atom stereocenters. The molecule has 1 rings (SSSR count). The van der Waals surface area contributed by atoms with E-state index < -0.39 is 23.2 Å². The van der Waals surface area contributed by atoms with E-state index in [1.807, 2.05) is 0 Å². The molecule has 0 atom stereocenters. The summed E-state index contributed by atoms with van der Waals surface area (Å²) < 4.78 is 49.4. The van der Waals surface area contributed by atoms with Gasteiger partial charge >= 0.3 is 6.18 Å². The zero-order valence-electron chi connectivity index (χ0n) is 6.83. The average molecular weight is 228 g/mol. The highest BCUT2D eigenvalue weighted by Gasteiger charge is 2.35. The SMILES string of the molecule is Nc1c(CCl)ccc(C(F)(F)F)c1F. The predicted molar refractivity (Wildman–Crippen MR) is 45.4 cm³/mol. The molecule has 0 fully saturated rings. The van der Waals surface area contributed by atoms with Crippen molar-refractivity contribution >= 4 is 17.3 Å². The zero-order chi connectivity index (χ0) is 10.9. The van der Waals surface area contributed by atoms with Crippen LogP contribution in [-0.4, -0.2) is 0 Å². The number of alkyl halides is 4. The van der Waals surface area contributed by atoms with E-state index in [0.717, 1.165) is 6.07 Å². The number of nitrogen functional groups attached to an aromatic ring is 1. The molecule has 0 saturated heterocycles. The summed E-state index contributed by atoms with van der Waals surface area (Å²) in [6, 6.07) is 1.69. The number of anilines is 1. The van der Waals surface area contributed by atoms with Gasteiger partial charge < -0.3 is 5.73 Å². The first-order chi connectivity index (χ1) is 6.38. The van der Waals surface area contributed by atoms with E-state index in [1.54, 1.807) is 0 Å². The Balaban J connectivity index is 3.31. The molecule has 0 aromatic heterocycles. The highest BCUT2D eigenvalue weighted by molar-refractivity contribution is 6.17. The van der Waals surface area contributed by atoms with Crippen molar-refractivity contribution in [3.8, 4) is 0 Å². The minimum absolute atomic E-state index is 0.124. The van der Waals surface area contributed by atoms with Gasteiger partial charge in [0, 0.05) is 5.88 Å². The number of rotatable bonds is 1. The largest absolute Gasteiger partial charge is 0.419 e. The molecule has 1 aromatic rings. The lowest BCUT2D eigenvalue weighted by atomic mass is 10.1. The van der Waals surface area contributed by atoms with Gasteiger partial charge in [-0.15, -0.1) is 11.6 Å². The molecule has 0 aliphatic rings. The van der Waals surface area contributed by atoms with Crippen LogP contribution in [0.1, 0.15) is 11.1 Å². The molecule has 0 spiro atoms. The van der Waals surface area contributed by atoms with Gasteiger partial charge in [0.05, 0.1) is 11.3 Å². The van der Waals surface area contributed by atoms with Crippen LogP contribution in [0.15, 0.2) is 12.1 Å². The van der Waals surface area contributed by atoms with E-state index in [9.17, 15) is 17.6 Å². The first-order valence-corrected chi connectivity index (χ1v) is 4.11. The maximum absolute atomic E-state index is 13.0. The van der Waals surface area contributed by atoms with Crippen molar-refractivity contribution in [3.63, 3.8) is 0 Å². The van der Waals surface area contributed by atoms with Gasteiger partial charge in [-0.3, -0.25) is 0 Å². The summed E-state index contributed by atoms with van der Waals surface area (Å²) in [5.41, 5.74) is 3.36. The van der Waals surface area contributed by atoms with Crippen LogP contribution in [0.3, 0.4) is 0 Å². The highest BCUT2D eigenvalue weighted by Crippen LogP contribution is 2.34. The Labute approximate surface area is 82.5 Å². The second-order valence-corrected chi connectivity index (χ2v) is 2.90. The van der Waals surface area contributed by atoms with Crippen molar-refractivity contribution < 1.29 is 17.6 Å². The van der Waals surface area contributed by atoms with Crippen LogP contribution in [-0.2, 0) is 12.1 Å². The van der Waals surface area contributed by atoms with Crippen molar-refractivity contribution in [3.05, 3.63) is 29.1 Å². The van der Waals surface area contributed by atoms with Gasteiger partial charge in [-0.25, -0.2) is 4.39 Å². The van der Waals surface area contributed by atoms with Gasteiger partial charge in [-0.2, -0.15) is 13.2 Å². The summed E-state index contributed by atoms with van der Waals surface area (Å²) in [5.74, 6) is -1.59. The van der Waals surface area contributed by atoms with Gasteiger partial charge in [-0.05, 0) is 11.6 Å². The van der Waals surface area contributed by atoms with Crippen LogP contribution in [0.25, 0.3) is 0 Å². The molecule has 14 heavy (non-hydrogen) atoms. The van der Waals surface area contributed by atoms with Gasteiger partial charge in [0.15, 0.2) is 5.82 Å². The lowest BCUT2D eigenvalue weighted by Gasteiger charge is -2.11. The Morgan fingerprint density at radius 1 is 1.29 bits per heavy atom. The van der Waals surface area contributed by atoms with Gasteiger partial charge in [0.2, 0.25) is 0 Å². The summed E-state index contributed by atoms with van der Waals surface area (Å²) in [6.07, 6.45) is -4.73. The van der Waals surface area contributed by atoms with Crippen molar-refractivity contribution in [1.29, 1.82) is 0 Å². The van der Waals surface area contributed by atoms with Gasteiger partial charge in [-0.1, -0.05) is 6.07 Å². The Bertz CT molecular complexity index is 348. The quantitative estimate of drug-likeness (QED) is 0.445. The van der Waals surface area contributed by atoms with Crippen LogP contribution in [0.2, 0.25) is 0 Å². The minimum atomic E-state index is -4.73. The maximum Gasteiger partial charge on any atom is 0.419 e. The normalized spacial score (nSPS) is 11.8. The molecule has 0 bridgehead atoms. The summed E-state index contributed by atoms with van der Waals surface area (Å²) in [4.78, 5) is 0. The minimum Gasteiger partial charge on any atom is -0.396 e. The third kappa shape index (κ3) is 1.92. The average Bonchev–Trinajstić information content (AvgIpc) is 2.07. The topological polar surface area (TPSA) is 26.0 Å². The molecule has 1 nitrogen and oxygen atoms in total. The standard InChI is InChI=1S/C8H6ClF4N/c9-3-4-1-2-5(8(11,12)13)6(10)7(4)14/h1-2H,3,14H2. The number of hydrogen-bond donors (Lipinski definition) is 1. The smallest absolute Gasteiger partial charge is 0.396 e. The molecule has 0 aliphatic carbocycles. The molecule has 78 valence electrons. The summed E-state index contributed by atoms with van der Waals surface area (Å²) in [6.45, 7) is 0. The Morgan fingerprint density at radius 3 is 2.29 bits per heavy atom. The summed E-state index contributed by atoms with van der Waals surface area (Å²) >= 11 is 5.34. The van der Waals surface area contributed by atoms with Crippen LogP contribution in [0.5, 0.6) is 0 Å². The molecule has 0 aliphatic heterocycles. The molecule has 0 saturated carbocycles. The number of halogens is 5. The van der Waals surface area contributed by atoms with Crippen LogP contribution < -0.4 is 5.73 Å². The van der Waals surface area contributed by atoms with Crippen molar-refractivity contribution in [2.24, 2.45) is 0 Å². The van der Waals surface area contributed by atoms with Crippen LogP contribution in [0, 0.1) is 5.82 Å². The third-order valence-electron chi connectivity index (χ3n) is 1.72. The monoisotopic (exact) mass is 227 g/mol. The van der Waals surface area contributed by atoms with E-state index in [1.165, 1.54) is 0 Å². The summed E-state index contributed by atoms with van der Waals surface area (Å²) in [5, 5.41) is 0. The molecule has 0 amide bonds. The summed E-state index contributed by atoms with van der Waals surface area (Å²) in [7, 11) is 0. The second-order valence-electron chi connectivity index (χ2n) is 2.63. The first-order valence-electron chi connectivity index (χ1n) is 3.58. The van der Waals surface area contributed by atoms with E-state index in [0.29, 0.717) is 6.07 Å². The number of nitrogens with two attached hydrogens (primary N) is 1. The van der Waals surface area contributed by atoms with Crippen LogP contribution >= 0.6 is 11.6 Å². The van der Waals surface area contributed by atoms with Crippen molar-refractivity contribution in [1.82, 2.24) is 0 Å². The van der Waals surface area contributed by atoms with E-state index in [4.69, 9.17) is 17.3 Å². The fourth-order valence-electron chi connectivity index (χ4n) is 0.968. The van der Waals surface area contributed by atoms with Gasteiger partial charge in [0.1, 0.15) is 0 Å². The Morgan fingerprint density at radius 2 is 1.86 bits per heavy atom. The maximum atomic E-state index is 13.0. The fraction of sp³-hybridized carbons (Fsp3) is 0.250. The molecular weight excluding hydrogens is 222 g/mol. The number of benzene rings is 1. The molecule has 6 heteroatoms. The highest BCUT2D eigenvalue weighted by atomic mass is 35.5. The van der Waals surface area contributed by atoms with Crippen molar-refractivity contribution in [2.45, 2.75) is 12.1 Å².